The van der Waals surface area contributed by atoms with Gasteiger partial charge in [-0.25, -0.2) is 0 Å². The molecule has 2 rings (SSSR count). The number of hydrogen-bond acceptors (Lipinski definition) is 3. The number of nitrogens with zero attached hydrogens (tertiary/aromatic N) is 1. The van der Waals surface area contributed by atoms with Gasteiger partial charge in [-0.3, -0.25) is 4.98 Å². The van der Waals surface area contributed by atoms with Gasteiger partial charge in [-0.2, -0.15) is 0 Å². The van der Waals surface area contributed by atoms with Gasteiger partial charge in [0.05, 0.1) is 24.7 Å². The largest absolute Gasteiger partial charge is 0.496 e. The molecule has 0 aliphatic carbocycles. The highest BCUT2D eigenvalue weighted by atomic mass is 16.5. The van der Waals surface area contributed by atoms with E-state index in [2.05, 4.69) is 17.1 Å². The van der Waals surface area contributed by atoms with E-state index in [-0.39, 0.29) is 0 Å². The van der Waals surface area contributed by atoms with Crippen molar-refractivity contribution < 1.29 is 4.74 Å². The van der Waals surface area contributed by atoms with Crippen LogP contribution in [-0.4, -0.2) is 12.1 Å². The van der Waals surface area contributed by atoms with E-state index >= 15 is 0 Å². The van der Waals surface area contributed by atoms with Crippen molar-refractivity contribution in [3.8, 4) is 17.0 Å². The summed E-state index contributed by atoms with van der Waals surface area (Å²) in [6.45, 7) is 4.07. The second-order valence-electron chi connectivity index (χ2n) is 4.12. The quantitative estimate of drug-likeness (QED) is 0.859. The minimum Gasteiger partial charge on any atom is -0.496 e. The van der Waals surface area contributed by atoms with Crippen molar-refractivity contribution >= 4 is 5.69 Å². The number of aromatic nitrogens is 1. The Bertz CT molecular complexity index is 509. The molecule has 0 atom stereocenters. The van der Waals surface area contributed by atoms with Crippen LogP contribution in [0.4, 0.5) is 5.69 Å². The second-order valence-corrected chi connectivity index (χ2v) is 4.12. The highest BCUT2D eigenvalue weighted by Crippen LogP contribution is 2.29. The molecule has 2 aromatic rings. The smallest absolute Gasteiger partial charge is 0.124 e. The number of nitrogen functional groups attached to an aromatic ring is 1. The first kappa shape index (κ1) is 11.5. The van der Waals surface area contributed by atoms with Gasteiger partial charge in [0, 0.05) is 5.56 Å². The van der Waals surface area contributed by atoms with Gasteiger partial charge in [-0.15, -0.1) is 0 Å². The van der Waals surface area contributed by atoms with Gasteiger partial charge < -0.3 is 10.5 Å². The molecule has 1 aromatic carbocycles. The zero-order chi connectivity index (χ0) is 12.4. The van der Waals surface area contributed by atoms with E-state index in [1.54, 1.807) is 13.3 Å². The summed E-state index contributed by atoms with van der Waals surface area (Å²) in [5, 5.41) is 0. The van der Waals surface area contributed by atoms with Crippen LogP contribution in [0.3, 0.4) is 0 Å². The summed E-state index contributed by atoms with van der Waals surface area (Å²) in [5.41, 5.74) is 10.5. The Labute approximate surface area is 101 Å². The van der Waals surface area contributed by atoms with Gasteiger partial charge in [0.2, 0.25) is 0 Å². The molecule has 3 heteroatoms. The minimum absolute atomic E-state index is 0.677. The molecule has 3 nitrogen and oxygen atoms in total. The monoisotopic (exact) mass is 228 g/mol. The standard InChI is InChI=1S/C14H16N2O/c1-9-6-11(7-10(2)14(9)17-3)13-5-4-12(15)8-16-13/h4-8H,15H2,1-3H3. The first-order valence-electron chi connectivity index (χ1n) is 5.49. The molecule has 17 heavy (non-hydrogen) atoms. The van der Waals surface area contributed by atoms with Crippen molar-refractivity contribution in [1.82, 2.24) is 4.98 Å². The maximum absolute atomic E-state index is 5.63. The van der Waals surface area contributed by atoms with E-state index in [4.69, 9.17) is 10.5 Å². The summed E-state index contributed by atoms with van der Waals surface area (Å²) in [6.07, 6.45) is 1.67. The highest BCUT2D eigenvalue weighted by molar-refractivity contribution is 5.65. The molecule has 0 aliphatic rings. The van der Waals surface area contributed by atoms with Crippen molar-refractivity contribution in [2.75, 3.05) is 12.8 Å². The molecular formula is C14H16N2O. The molecule has 0 bridgehead atoms. The fraction of sp³-hybridized carbons (Fsp3) is 0.214. The first-order valence-corrected chi connectivity index (χ1v) is 5.49. The van der Waals surface area contributed by atoms with Gasteiger partial charge in [0.25, 0.3) is 0 Å². The number of rotatable bonds is 2. The summed E-state index contributed by atoms with van der Waals surface area (Å²) >= 11 is 0. The van der Waals surface area contributed by atoms with Crippen LogP contribution in [0.5, 0.6) is 5.75 Å². The van der Waals surface area contributed by atoms with E-state index in [0.717, 1.165) is 28.1 Å². The summed E-state index contributed by atoms with van der Waals surface area (Å²) in [7, 11) is 1.69. The van der Waals surface area contributed by atoms with E-state index < -0.39 is 0 Å². The Morgan fingerprint density at radius 3 is 2.24 bits per heavy atom. The highest BCUT2D eigenvalue weighted by Gasteiger charge is 2.07. The number of hydrogen-bond donors (Lipinski definition) is 1. The SMILES string of the molecule is COc1c(C)cc(-c2ccc(N)cn2)cc1C. The number of nitrogens with two attached hydrogens (primary N) is 1. The van der Waals surface area contributed by atoms with Crippen LogP contribution in [0, 0.1) is 13.8 Å². The van der Waals surface area contributed by atoms with Crippen LogP contribution in [0.15, 0.2) is 30.5 Å². The molecule has 0 saturated carbocycles. The van der Waals surface area contributed by atoms with Gasteiger partial charge in [0.1, 0.15) is 5.75 Å². The van der Waals surface area contributed by atoms with Crippen molar-refractivity contribution in [3.63, 3.8) is 0 Å². The average molecular weight is 228 g/mol. The number of pyridine rings is 1. The third-order valence-electron chi connectivity index (χ3n) is 2.75. The predicted octanol–water partition coefficient (Wildman–Crippen LogP) is 2.96. The van der Waals surface area contributed by atoms with Crippen LogP contribution in [-0.2, 0) is 0 Å². The summed E-state index contributed by atoms with van der Waals surface area (Å²) in [6, 6.07) is 7.93. The molecule has 0 saturated heterocycles. The summed E-state index contributed by atoms with van der Waals surface area (Å²) < 4.78 is 5.35. The number of benzene rings is 1. The summed E-state index contributed by atoms with van der Waals surface area (Å²) in [5.74, 6) is 0.934. The molecule has 88 valence electrons. The molecule has 0 radical (unpaired) electrons. The number of ether oxygens (including phenoxy) is 1. The van der Waals surface area contributed by atoms with Gasteiger partial charge in [-0.1, -0.05) is 0 Å². The minimum atomic E-state index is 0.677. The molecule has 1 heterocycles. The van der Waals surface area contributed by atoms with E-state index in [0.29, 0.717) is 5.69 Å². The Morgan fingerprint density at radius 1 is 1.12 bits per heavy atom. The fourth-order valence-electron chi connectivity index (χ4n) is 2.00. The second kappa shape index (κ2) is 4.45. The fourth-order valence-corrected chi connectivity index (χ4v) is 2.00. The lowest BCUT2D eigenvalue weighted by Crippen LogP contribution is -1.93. The Morgan fingerprint density at radius 2 is 1.76 bits per heavy atom. The Hall–Kier alpha value is -2.03. The van der Waals surface area contributed by atoms with Crippen molar-refractivity contribution in [3.05, 3.63) is 41.6 Å². The number of methoxy groups -OCH3 is 1. The van der Waals surface area contributed by atoms with Gasteiger partial charge in [0.15, 0.2) is 0 Å². The molecule has 0 fully saturated rings. The number of aryl methyl sites for hydroxylation is 2. The Balaban J connectivity index is 2.50. The topological polar surface area (TPSA) is 48.1 Å². The molecule has 0 spiro atoms. The molecule has 0 unspecified atom stereocenters. The lowest BCUT2D eigenvalue weighted by molar-refractivity contribution is 0.408. The van der Waals surface area contributed by atoms with Gasteiger partial charge in [-0.05, 0) is 49.2 Å². The van der Waals surface area contributed by atoms with Crippen LogP contribution < -0.4 is 10.5 Å². The van der Waals surface area contributed by atoms with E-state index in [1.807, 2.05) is 26.0 Å². The van der Waals surface area contributed by atoms with Crippen molar-refractivity contribution in [2.45, 2.75) is 13.8 Å². The third-order valence-corrected chi connectivity index (χ3v) is 2.75. The maximum atomic E-state index is 5.63. The molecule has 0 aliphatic heterocycles. The zero-order valence-electron chi connectivity index (χ0n) is 10.3. The van der Waals surface area contributed by atoms with E-state index in [1.165, 1.54) is 0 Å². The lowest BCUT2D eigenvalue weighted by atomic mass is 10.0. The average Bonchev–Trinajstić information content (AvgIpc) is 2.29. The molecule has 2 N–H and O–H groups in total. The number of anilines is 1. The first-order chi connectivity index (χ1) is 8.11. The van der Waals surface area contributed by atoms with Crippen molar-refractivity contribution in [1.29, 1.82) is 0 Å². The van der Waals surface area contributed by atoms with Crippen molar-refractivity contribution in [2.24, 2.45) is 0 Å². The van der Waals surface area contributed by atoms with Crippen LogP contribution in [0.2, 0.25) is 0 Å². The zero-order valence-corrected chi connectivity index (χ0v) is 10.3. The van der Waals surface area contributed by atoms with Crippen LogP contribution in [0.1, 0.15) is 11.1 Å². The van der Waals surface area contributed by atoms with Crippen LogP contribution in [0.25, 0.3) is 11.3 Å². The third kappa shape index (κ3) is 2.23. The summed E-state index contributed by atoms with van der Waals surface area (Å²) in [4.78, 5) is 4.32. The molecule has 0 amide bonds. The predicted molar refractivity (Wildman–Crippen MR) is 70.1 cm³/mol. The molecule has 1 aromatic heterocycles. The Kier molecular flexibility index (Phi) is 3.00. The molecular weight excluding hydrogens is 212 g/mol. The lowest BCUT2D eigenvalue weighted by Gasteiger charge is -2.11. The van der Waals surface area contributed by atoms with Crippen LogP contribution >= 0.6 is 0 Å². The maximum Gasteiger partial charge on any atom is 0.124 e. The normalized spacial score (nSPS) is 10.3. The van der Waals surface area contributed by atoms with Gasteiger partial charge >= 0.3 is 0 Å². The van der Waals surface area contributed by atoms with E-state index in [9.17, 15) is 0 Å².